The van der Waals surface area contributed by atoms with Crippen LogP contribution in [0.5, 0.6) is 0 Å². The van der Waals surface area contributed by atoms with E-state index in [0.717, 1.165) is 19.0 Å². The Balaban J connectivity index is 1.95. The minimum absolute atomic E-state index is 0.718. The Kier molecular flexibility index (Phi) is 5.41. The minimum Gasteiger partial charge on any atom is -0.314 e. The number of benzene rings is 1. The summed E-state index contributed by atoms with van der Waals surface area (Å²) in [4.78, 5) is 2.60. The maximum absolute atomic E-state index is 3.42. The Hall–Kier alpha value is -0.860. The van der Waals surface area contributed by atoms with Gasteiger partial charge in [0.1, 0.15) is 0 Å². The fourth-order valence-electron chi connectivity index (χ4n) is 3.14. The highest BCUT2D eigenvalue weighted by molar-refractivity contribution is 5.33. The number of nitrogens with zero attached hydrogens (tertiary/aromatic N) is 1. The Bertz CT molecular complexity index is 394. The third-order valence-electron chi connectivity index (χ3n) is 4.36. The normalized spacial score (nSPS) is 18.5. The van der Waals surface area contributed by atoms with Crippen LogP contribution in [-0.4, -0.2) is 37.6 Å². The van der Waals surface area contributed by atoms with Gasteiger partial charge in [0.25, 0.3) is 0 Å². The predicted molar refractivity (Wildman–Crippen MR) is 82.9 cm³/mol. The lowest BCUT2D eigenvalue weighted by molar-refractivity contribution is 0.232. The van der Waals surface area contributed by atoms with Crippen LogP contribution in [-0.2, 0) is 0 Å². The molecule has 1 saturated heterocycles. The second-order valence-corrected chi connectivity index (χ2v) is 5.85. The molecule has 1 heterocycles. The van der Waals surface area contributed by atoms with Crippen molar-refractivity contribution in [3.63, 3.8) is 0 Å². The van der Waals surface area contributed by atoms with E-state index in [4.69, 9.17) is 0 Å². The van der Waals surface area contributed by atoms with Gasteiger partial charge >= 0.3 is 0 Å². The van der Waals surface area contributed by atoms with Gasteiger partial charge in [0.15, 0.2) is 0 Å². The van der Waals surface area contributed by atoms with E-state index >= 15 is 0 Å². The van der Waals surface area contributed by atoms with Gasteiger partial charge in [0.05, 0.1) is 0 Å². The average Bonchev–Trinajstić information content (AvgIpc) is 2.42. The van der Waals surface area contributed by atoms with Crippen molar-refractivity contribution in [3.05, 3.63) is 34.9 Å². The van der Waals surface area contributed by atoms with E-state index in [9.17, 15) is 0 Å². The molecule has 1 aliphatic rings. The Morgan fingerprint density at radius 1 is 1.21 bits per heavy atom. The highest BCUT2D eigenvalue weighted by Gasteiger charge is 2.15. The first-order valence-corrected chi connectivity index (χ1v) is 7.71. The zero-order chi connectivity index (χ0) is 13.7. The molecule has 1 fully saturated rings. The number of hydrogen-bond donors (Lipinski definition) is 1. The molecule has 1 N–H and O–H groups in total. The summed E-state index contributed by atoms with van der Waals surface area (Å²) in [6.07, 6.45) is 2.54. The topological polar surface area (TPSA) is 15.3 Å². The molecule has 2 heteroatoms. The molecule has 1 aliphatic heterocycles. The standard InChI is InChI=1S/C17H28N2/c1-4-16(7-10-19-11-8-18-9-12-19)17-6-5-14(2)13-15(17)3/h5-6,13,16,18H,4,7-12H2,1-3H3. The lowest BCUT2D eigenvalue weighted by atomic mass is 9.89. The smallest absolute Gasteiger partial charge is 0.0107 e. The summed E-state index contributed by atoms with van der Waals surface area (Å²) in [5, 5.41) is 3.42. The molecule has 1 aromatic rings. The molecule has 2 nitrogen and oxygen atoms in total. The van der Waals surface area contributed by atoms with E-state index in [-0.39, 0.29) is 0 Å². The molecule has 0 amide bonds. The summed E-state index contributed by atoms with van der Waals surface area (Å²) in [5.41, 5.74) is 4.40. The molecule has 0 aromatic heterocycles. The quantitative estimate of drug-likeness (QED) is 0.875. The summed E-state index contributed by atoms with van der Waals surface area (Å²) in [7, 11) is 0. The lowest BCUT2D eigenvalue weighted by Crippen LogP contribution is -2.44. The molecule has 106 valence electrons. The summed E-state index contributed by atoms with van der Waals surface area (Å²) in [5.74, 6) is 0.718. The second kappa shape index (κ2) is 7.06. The SMILES string of the molecule is CCC(CCN1CCNCC1)c1ccc(C)cc1C. The molecule has 1 atom stereocenters. The third-order valence-corrected chi connectivity index (χ3v) is 4.36. The van der Waals surface area contributed by atoms with Crippen LogP contribution in [0.4, 0.5) is 0 Å². The van der Waals surface area contributed by atoms with Gasteiger partial charge < -0.3 is 10.2 Å². The molecule has 0 spiro atoms. The van der Waals surface area contributed by atoms with Gasteiger partial charge in [0.2, 0.25) is 0 Å². The number of hydrogen-bond acceptors (Lipinski definition) is 2. The van der Waals surface area contributed by atoms with Crippen LogP contribution in [0.3, 0.4) is 0 Å². The summed E-state index contributed by atoms with van der Waals surface area (Å²) in [6, 6.07) is 6.93. The molecule has 1 aromatic carbocycles. The first-order chi connectivity index (χ1) is 9.20. The molecule has 19 heavy (non-hydrogen) atoms. The highest BCUT2D eigenvalue weighted by atomic mass is 15.2. The van der Waals surface area contributed by atoms with Crippen molar-refractivity contribution in [2.45, 2.75) is 39.5 Å². The number of aryl methyl sites for hydroxylation is 2. The van der Waals surface area contributed by atoms with Gasteiger partial charge in [-0.2, -0.15) is 0 Å². The van der Waals surface area contributed by atoms with Crippen molar-refractivity contribution in [1.82, 2.24) is 10.2 Å². The van der Waals surface area contributed by atoms with Crippen molar-refractivity contribution in [1.29, 1.82) is 0 Å². The molecule has 1 unspecified atom stereocenters. The fourth-order valence-corrected chi connectivity index (χ4v) is 3.14. The zero-order valence-corrected chi connectivity index (χ0v) is 12.7. The Labute approximate surface area is 118 Å². The maximum Gasteiger partial charge on any atom is 0.0107 e. The third kappa shape index (κ3) is 4.05. The maximum atomic E-state index is 3.42. The molecular formula is C17H28N2. The van der Waals surface area contributed by atoms with Gasteiger partial charge in [0, 0.05) is 26.2 Å². The van der Waals surface area contributed by atoms with E-state index in [0.29, 0.717) is 0 Å². The van der Waals surface area contributed by atoms with E-state index in [1.165, 1.54) is 43.6 Å². The van der Waals surface area contributed by atoms with Crippen molar-refractivity contribution in [3.8, 4) is 0 Å². The average molecular weight is 260 g/mol. The van der Waals surface area contributed by atoms with Crippen molar-refractivity contribution in [2.75, 3.05) is 32.7 Å². The van der Waals surface area contributed by atoms with E-state index in [1.807, 2.05) is 0 Å². The van der Waals surface area contributed by atoms with Crippen LogP contribution in [0.15, 0.2) is 18.2 Å². The van der Waals surface area contributed by atoms with Gasteiger partial charge in [-0.25, -0.2) is 0 Å². The van der Waals surface area contributed by atoms with Gasteiger partial charge in [-0.15, -0.1) is 0 Å². The number of piperazine rings is 1. The number of rotatable bonds is 5. The van der Waals surface area contributed by atoms with Gasteiger partial charge in [-0.3, -0.25) is 0 Å². The molecule has 0 aliphatic carbocycles. The van der Waals surface area contributed by atoms with Crippen LogP contribution >= 0.6 is 0 Å². The summed E-state index contributed by atoms with van der Waals surface area (Å²) >= 11 is 0. The summed E-state index contributed by atoms with van der Waals surface area (Å²) in [6.45, 7) is 12.7. The minimum atomic E-state index is 0.718. The Morgan fingerprint density at radius 3 is 2.58 bits per heavy atom. The highest BCUT2D eigenvalue weighted by Crippen LogP contribution is 2.27. The van der Waals surface area contributed by atoms with Crippen LogP contribution in [0.25, 0.3) is 0 Å². The first-order valence-electron chi connectivity index (χ1n) is 7.71. The van der Waals surface area contributed by atoms with Crippen molar-refractivity contribution >= 4 is 0 Å². The molecule has 0 saturated carbocycles. The van der Waals surface area contributed by atoms with Crippen LogP contribution in [0, 0.1) is 13.8 Å². The van der Waals surface area contributed by atoms with E-state index in [1.54, 1.807) is 5.56 Å². The van der Waals surface area contributed by atoms with Gasteiger partial charge in [-0.1, -0.05) is 30.7 Å². The summed E-state index contributed by atoms with van der Waals surface area (Å²) < 4.78 is 0. The van der Waals surface area contributed by atoms with Crippen molar-refractivity contribution in [2.24, 2.45) is 0 Å². The van der Waals surface area contributed by atoms with Gasteiger partial charge in [-0.05, 0) is 50.3 Å². The second-order valence-electron chi connectivity index (χ2n) is 5.85. The predicted octanol–water partition coefficient (Wildman–Crippen LogP) is 3.09. The molecule has 2 rings (SSSR count). The van der Waals surface area contributed by atoms with E-state index in [2.05, 4.69) is 49.2 Å². The molecular weight excluding hydrogens is 232 g/mol. The largest absolute Gasteiger partial charge is 0.314 e. The molecule has 0 radical (unpaired) electrons. The molecule has 0 bridgehead atoms. The monoisotopic (exact) mass is 260 g/mol. The first kappa shape index (κ1) is 14.5. The Morgan fingerprint density at radius 2 is 1.95 bits per heavy atom. The van der Waals surface area contributed by atoms with Crippen LogP contribution < -0.4 is 5.32 Å². The van der Waals surface area contributed by atoms with E-state index < -0.39 is 0 Å². The zero-order valence-electron chi connectivity index (χ0n) is 12.7. The number of nitrogens with one attached hydrogen (secondary N) is 1. The van der Waals surface area contributed by atoms with Crippen LogP contribution in [0.2, 0.25) is 0 Å². The lowest BCUT2D eigenvalue weighted by Gasteiger charge is -2.29. The van der Waals surface area contributed by atoms with Crippen LogP contribution in [0.1, 0.15) is 42.4 Å². The fraction of sp³-hybridized carbons (Fsp3) is 0.647. The van der Waals surface area contributed by atoms with Crippen molar-refractivity contribution < 1.29 is 0 Å².